The van der Waals surface area contributed by atoms with Crippen molar-refractivity contribution in [3.63, 3.8) is 0 Å². The Morgan fingerprint density at radius 1 is 1.38 bits per heavy atom. The van der Waals surface area contributed by atoms with E-state index in [0.717, 1.165) is 5.75 Å². The van der Waals surface area contributed by atoms with E-state index in [0.29, 0.717) is 5.37 Å². The van der Waals surface area contributed by atoms with Crippen LogP contribution in [0.5, 0.6) is 5.75 Å². The van der Waals surface area contributed by atoms with Gasteiger partial charge in [0.25, 0.3) is 0 Å². The Bertz CT molecular complexity index is 267. The first-order valence-electron chi connectivity index (χ1n) is 4.49. The Labute approximate surface area is 82.7 Å². The van der Waals surface area contributed by atoms with Crippen molar-refractivity contribution < 1.29 is 10.1 Å². The van der Waals surface area contributed by atoms with Gasteiger partial charge in [-0.25, -0.2) is 0 Å². The number of ether oxygens (including phenoxy) is 1. The molecule has 3 heteroatoms. The molecule has 2 N–H and O–H groups in total. The molecule has 1 heterocycles. The largest absolute Gasteiger partial charge is 0.497 e. The molecule has 1 fully saturated rings. The smallest absolute Gasteiger partial charge is 0.159 e. The van der Waals surface area contributed by atoms with Crippen LogP contribution in [0.1, 0.15) is 10.9 Å². The van der Waals surface area contributed by atoms with Crippen molar-refractivity contribution in [2.75, 3.05) is 19.4 Å². The first-order valence-corrected chi connectivity index (χ1v) is 5.54. The lowest BCUT2D eigenvalue weighted by atomic mass is 10.2. The molecule has 1 aromatic rings. The van der Waals surface area contributed by atoms with Crippen molar-refractivity contribution in [3.05, 3.63) is 29.8 Å². The zero-order valence-electron chi connectivity index (χ0n) is 7.69. The molecule has 13 heavy (non-hydrogen) atoms. The van der Waals surface area contributed by atoms with E-state index in [1.54, 1.807) is 7.11 Å². The summed E-state index contributed by atoms with van der Waals surface area (Å²) >= 11 is 2.01. The van der Waals surface area contributed by atoms with Gasteiger partial charge in [-0.1, -0.05) is 11.8 Å². The maximum atomic E-state index is 5.11. The van der Waals surface area contributed by atoms with Crippen LogP contribution in [0.3, 0.4) is 0 Å². The molecule has 0 unspecified atom stereocenters. The average Bonchev–Trinajstić information content (AvgIpc) is 2.71. The van der Waals surface area contributed by atoms with E-state index in [1.807, 2.05) is 23.9 Å². The summed E-state index contributed by atoms with van der Waals surface area (Å²) in [7, 11) is 1.70. The predicted molar refractivity (Wildman–Crippen MR) is 55.0 cm³/mol. The number of quaternary nitrogens is 1. The molecular weight excluding hydrogens is 182 g/mol. The second-order valence-electron chi connectivity index (χ2n) is 3.09. The molecule has 0 amide bonds. The molecule has 2 nitrogen and oxygen atoms in total. The lowest BCUT2D eigenvalue weighted by molar-refractivity contribution is -0.663. The normalized spacial score (nSPS) is 21.8. The summed E-state index contributed by atoms with van der Waals surface area (Å²) in [5, 5.41) is 2.98. The van der Waals surface area contributed by atoms with Gasteiger partial charge < -0.3 is 10.1 Å². The van der Waals surface area contributed by atoms with Gasteiger partial charge in [-0.3, -0.25) is 0 Å². The van der Waals surface area contributed by atoms with Gasteiger partial charge in [-0.05, 0) is 24.3 Å². The number of rotatable bonds is 2. The van der Waals surface area contributed by atoms with Gasteiger partial charge in [-0.15, -0.1) is 0 Å². The summed E-state index contributed by atoms with van der Waals surface area (Å²) in [6.07, 6.45) is 0. The van der Waals surface area contributed by atoms with Crippen molar-refractivity contribution in [1.82, 2.24) is 0 Å². The number of nitrogens with two attached hydrogens (primary N) is 1. The molecule has 70 valence electrons. The maximum Gasteiger partial charge on any atom is 0.159 e. The maximum absolute atomic E-state index is 5.11. The standard InChI is InChI=1S/C10H13NOS/c1-12-9-4-2-8(3-5-9)10-11-6-7-13-10/h2-5,10-11H,6-7H2,1H3/p+1/t10-/m0/s1. The fourth-order valence-corrected chi connectivity index (χ4v) is 2.66. The fraction of sp³-hybridized carbons (Fsp3) is 0.400. The first kappa shape index (κ1) is 8.91. The average molecular weight is 196 g/mol. The van der Waals surface area contributed by atoms with E-state index < -0.39 is 0 Å². The van der Waals surface area contributed by atoms with E-state index in [2.05, 4.69) is 17.4 Å². The zero-order valence-corrected chi connectivity index (χ0v) is 8.51. The molecule has 0 aliphatic carbocycles. The lowest BCUT2D eigenvalue weighted by Crippen LogP contribution is -2.81. The van der Waals surface area contributed by atoms with Gasteiger partial charge in [0, 0.05) is 11.3 Å². The third-order valence-corrected chi connectivity index (χ3v) is 3.54. The quantitative estimate of drug-likeness (QED) is 0.763. The molecule has 0 bridgehead atoms. The van der Waals surface area contributed by atoms with Crippen LogP contribution in [0.15, 0.2) is 24.3 Å². The number of methoxy groups -OCH3 is 1. The minimum Gasteiger partial charge on any atom is -0.497 e. The molecule has 0 aromatic heterocycles. The molecular formula is C10H14NOS+. The molecule has 1 saturated heterocycles. The third kappa shape index (κ3) is 1.98. The van der Waals surface area contributed by atoms with Crippen LogP contribution in [-0.2, 0) is 0 Å². The van der Waals surface area contributed by atoms with E-state index in [9.17, 15) is 0 Å². The Morgan fingerprint density at radius 2 is 2.15 bits per heavy atom. The summed E-state index contributed by atoms with van der Waals surface area (Å²) in [5.74, 6) is 2.20. The number of benzene rings is 1. The highest BCUT2D eigenvalue weighted by molar-refractivity contribution is 7.99. The van der Waals surface area contributed by atoms with Crippen molar-refractivity contribution >= 4 is 11.8 Å². The summed E-state index contributed by atoms with van der Waals surface area (Å²) in [5.41, 5.74) is 1.39. The van der Waals surface area contributed by atoms with E-state index in [4.69, 9.17) is 4.74 Å². The number of thioether (sulfide) groups is 1. The Hall–Kier alpha value is -0.670. The zero-order chi connectivity index (χ0) is 9.10. The molecule has 2 rings (SSSR count). The van der Waals surface area contributed by atoms with Crippen LogP contribution in [-0.4, -0.2) is 19.4 Å². The highest BCUT2D eigenvalue weighted by atomic mass is 32.2. The van der Waals surface area contributed by atoms with E-state index >= 15 is 0 Å². The minimum atomic E-state index is 0.603. The van der Waals surface area contributed by atoms with Gasteiger partial charge in [0.1, 0.15) is 5.75 Å². The number of hydrogen-bond donors (Lipinski definition) is 1. The van der Waals surface area contributed by atoms with Gasteiger partial charge in [0.05, 0.1) is 13.7 Å². The fourth-order valence-electron chi connectivity index (χ4n) is 1.51. The molecule has 0 saturated carbocycles. The molecule has 0 radical (unpaired) electrons. The number of hydrogen-bond acceptors (Lipinski definition) is 2. The summed E-state index contributed by atoms with van der Waals surface area (Å²) in [4.78, 5) is 0. The van der Waals surface area contributed by atoms with Crippen LogP contribution in [0.4, 0.5) is 0 Å². The second-order valence-corrected chi connectivity index (χ2v) is 4.34. The minimum absolute atomic E-state index is 0.603. The Morgan fingerprint density at radius 3 is 2.69 bits per heavy atom. The predicted octanol–water partition coefficient (Wildman–Crippen LogP) is 1.00. The van der Waals surface area contributed by atoms with Crippen molar-refractivity contribution in [2.45, 2.75) is 5.37 Å². The lowest BCUT2D eigenvalue weighted by Gasteiger charge is -2.06. The monoisotopic (exact) mass is 196 g/mol. The Kier molecular flexibility index (Phi) is 2.76. The van der Waals surface area contributed by atoms with Crippen LogP contribution < -0.4 is 10.1 Å². The molecule has 1 atom stereocenters. The highest BCUT2D eigenvalue weighted by Crippen LogP contribution is 2.25. The SMILES string of the molecule is COc1ccc([C@H]2[NH2+]CCS2)cc1. The van der Waals surface area contributed by atoms with Crippen LogP contribution in [0, 0.1) is 0 Å². The van der Waals surface area contributed by atoms with Crippen LogP contribution in [0.25, 0.3) is 0 Å². The molecule has 0 spiro atoms. The van der Waals surface area contributed by atoms with Gasteiger partial charge in [-0.2, -0.15) is 0 Å². The van der Waals surface area contributed by atoms with Crippen molar-refractivity contribution in [3.8, 4) is 5.75 Å². The van der Waals surface area contributed by atoms with E-state index in [1.165, 1.54) is 17.9 Å². The van der Waals surface area contributed by atoms with Crippen molar-refractivity contribution in [2.24, 2.45) is 0 Å². The van der Waals surface area contributed by atoms with Crippen molar-refractivity contribution in [1.29, 1.82) is 0 Å². The Balaban J connectivity index is 2.12. The van der Waals surface area contributed by atoms with E-state index in [-0.39, 0.29) is 0 Å². The van der Waals surface area contributed by atoms with Gasteiger partial charge in [0.15, 0.2) is 5.37 Å². The highest BCUT2D eigenvalue weighted by Gasteiger charge is 2.20. The summed E-state index contributed by atoms with van der Waals surface area (Å²) < 4.78 is 5.11. The summed E-state index contributed by atoms with van der Waals surface area (Å²) in [6.45, 7) is 1.24. The molecule has 1 aromatic carbocycles. The molecule has 1 aliphatic rings. The topological polar surface area (TPSA) is 25.8 Å². The van der Waals surface area contributed by atoms with Crippen LogP contribution >= 0.6 is 11.8 Å². The third-order valence-electron chi connectivity index (χ3n) is 2.24. The van der Waals surface area contributed by atoms with Gasteiger partial charge >= 0.3 is 0 Å². The van der Waals surface area contributed by atoms with Crippen LogP contribution in [0.2, 0.25) is 0 Å². The molecule has 1 aliphatic heterocycles. The van der Waals surface area contributed by atoms with Gasteiger partial charge in [0.2, 0.25) is 0 Å². The first-order chi connectivity index (χ1) is 6.40. The second kappa shape index (κ2) is 4.03. The summed E-state index contributed by atoms with van der Waals surface area (Å²) in [6, 6.07) is 8.36.